The Hall–Kier alpha value is -4.01. The zero-order valence-corrected chi connectivity index (χ0v) is 25.8. The van der Waals surface area contributed by atoms with Gasteiger partial charge in [-0.05, 0) is 64.6 Å². The van der Waals surface area contributed by atoms with Crippen LogP contribution in [0.25, 0.3) is 10.8 Å². The lowest BCUT2D eigenvalue weighted by molar-refractivity contribution is 0.569. The molecule has 1 unspecified atom stereocenters. The summed E-state index contributed by atoms with van der Waals surface area (Å²) >= 11 is 1.81. The highest BCUT2D eigenvalue weighted by atomic mass is 32.2. The predicted octanol–water partition coefficient (Wildman–Crippen LogP) is 11.0. The van der Waals surface area contributed by atoms with Crippen LogP contribution < -0.4 is 4.90 Å². The normalized spacial score (nSPS) is 15.4. The van der Waals surface area contributed by atoms with Gasteiger partial charge >= 0.3 is 0 Å². The molecular weight excluding hydrogens is 515 g/mol. The second kappa shape index (κ2) is 14.1. The fourth-order valence-electron chi connectivity index (χ4n) is 5.43. The number of anilines is 1. The van der Waals surface area contributed by atoms with E-state index in [0.717, 1.165) is 12.0 Å². The minimum atomic E-state index is -0.254. The molecule has 0 amide bonds. The van der Waals surface area contributed by atoms with Gasteiger partial charge in [0.05, 0.1) is 10.7 Å². The zero-order valence-electron chi connectivity index (χ0n) is 25.0. The van der Waals surface area contributed by atoms with Crippen molar-refractivity contribution in [3.05, 3.63) is 167 Å². The molecule has 0 saturated heterocycles. The van der Waals surface area contributed by atoms with Crippen molar-refractivity contribution in [2.24, 2.45) is 0 Å². The maximum absolute atomic E-state index is 4.61. The van der Waals surface area contributed by atoms with E-state index in [2.05, 4.69) is 166 Å². The number of benzene rings is 4. The van der Waals surface area contributed by atoms with Crippen LogP contribution in [0, 0.1) is 6.92 Å². The third-order valence-electron chi connectivity index (χ3n) is 7.55. The third kappa shape index (κ3) is 6.84. The molecule has 2 heteroatoms. The summed E-state index contributed by atoms with van der Waals surface area (Å²) in [6, 6.07) is 32.4. The molecule has 208 valence electrons. The summed E-state index contributed by atoms with van der Waals surface area (Å²) in [7, 11) is 2.12. The molecular formula is C39H41NS. The van der Waals surface area contributed by atoms with Crippen LogP contribution in [0.4, 0.5) is 5.69 Å². The van der Waals surface area contributed by atoms with Gasteiger partial charge in [-0.3, -0.25) is 0 Å². The first-order chi connectivity index (χ1) is 20.0. The van der Waals surface area contributed by atoms with Gasteiger partial charge in [0.2, 0.25) is 0 Å². The second-order valence-electron chi connectivity index (χ2n) is 10.3. The Balaban J connectivity index is 0.00000189. The van der Waals surface area contributed by atoms with Gasteiger partial charge < -0.3 is 4.90 Å². The van der Waals surface area contributed by atoms with Gasteiger partial charge in [-0.15, -0.1) is 0 Å². The summed E-state index contributed by atoms with van der Waals surface area (Å²) in [5, 5.41) is 3.79. The number of nitrogens with zero attached hydrogens (tertiary/aromatic N) is 1. The Bertz CT molecular complexity index is 1610. The Kier molecular flexibility index (Phi) is 10.3. The lowest BCUT2D eigenvalue weighted by atomic mass is 9.69. The topological polar surface area (TPSA) is 3.24 Å². The van der Waals surface area contributed by atoms with Crippen LogP contribution in [-0.4, -0.2) is 7.05 Å². The van der Waals surface area contributed by atoms with Gasteiger partial charge in [-0.2, -0.15) is 0 Å². The molecule has 0 N–H and O–H groups in total. The van der Waals surface area contributed by atoms with Crippen molar-refractivity contribution >= 4 is 28.2 Å². The number of para-hydroxylation sites is 1. The van der Waals surface area contributed by atoms with Crippen LogP contribution >= 0.6 is 11.8 Å². The van der Waals surface area contributed by atoms with Crippen molar-refractivity contribution in [2.45, 2.75) is 44.4 Å². The highest BCUT2D eigenvalue weighted by Crippen LogP contribution is 2.44. The first-order valence-corrected chi connectivity index (χ1v) is 15.2. The molecule has 5 rings (SSSR count). The smallest absolute Gasteiger partial charge is 0.0798 e. The van der Waals surface area contributed by atoms with Crippen molar-refractivity contribution in [1.82, 2.24) is 0 Å². The summed E-state index contributed by atoms with van der Waals surface area (Å²) in [5.74, 6) is 0. The molecule has 4 aromatic carbocycles. The Morgan fingerprint density at radius 2 is 1.46 bits per heavy atom. The minimum Gasteiger partial charge on any atom is -0.338 e. The zero-order chi connectivity index (χ0) is 29.2. The first-order valence-electron chi connectivity index (χ1n) is 14.4. The fraction of sp³-hybridized carbons (Fsp3) is 0.179. The molecule has 0 fully saturated rings. The van der Waals surface area contributed by atoms with Crippen LogP contribution in [0.1, 0.15) is 37.5 Å². The first kappa shape index (κ1) is 30.0. The summed E-state index contributed by atoms with van der Waals surface area (Å²) in [4.78, 5) is 3.54. The van der Waals surface area contributed by atoms with Crippen LogP contribution in [0.15, 0.2) is 156 Å². The average Bonchev–Trinajstić information content (AvgIpc) is 3.32. The van der Waals surface area contributed by atoms with E-state index in [0.29, 0.717) is 0 Å². The van der Waals surface area contributed by atoms with E-state index < -0.39 is 0 Å². The molecule has 0 saturated carbocycles. The van der Waals surface area contributed by atoms with Crippen molar-refractivity contribution in [3.63, 3.8) is 0 Å². The summed E-state index contributed by atoms with van der Waals surface area (Å²) in [6.45, 7) is 13.2. The van der Waals surface area contributed by atoms with Crippen molar-refractivity contribution in [2.75, 3.05) is 11.9 Å². The summed E-state index contributed by atoms with van der Waals surface area (Å²) in [5.41, 5.74) is 6.07. The number of allylic oxidation sites excluding steroid dienone is 8. The SMILES string of the molecule is C=C(/C=C/C=C/C=C/C=C1\Sc2ccccc2N1C)C(C)(Cc1ccccc1)c1c(C)ccc2ccccc12.CC. The van der Waals surface area contributed by atoms with Crippen molar-refractivity contribution in [3.8, 4) is 0 Å². The van der Waals surface area contributed by atoms with Gasteiger partial charge in [-0.25, -0.2) is 0 Å². The van der Waals surface area contributed by atoms with Crippen LogP contribution in [0.2, 0.25) is 0 Å². The van der Waals surface area contributed by atoms with Crippen molar-refractivity contribution < 1.29 is 0 Å². The van der Waals surface area contributed by atoms with Gasteiger partial charge in [-0.1, -0.05) is 154 Å². The molecule has 1 heterocycles. The number of thioether (sulfide) groups is 1. The minimum absolute atomic E-state index is 0.254. The summed E-state index contributed by atoms with van der Waals surface area (Å²) in [6.07, 6.45) is 15.7. The van der Waals surface area contributed by atoms with E-state index >= 15 is 0 Å². The molecule has 0 radical (unpaired) electrons. The van der Waals surface area contributed by atoms with E-state index in [1.54, 1.807) is 11.8 Å². The third-order valence-corrected chi connectivity index (χ3v) is 8.73. The molecule has 0 aromatic heterocycles. The molecule has 1 aliphatic rings. The number of fused-ring (bicyclic) bond motifs is 2. The highest BCUT2D eigenvalue weighted by molar-refractivity contribution is 8.03. The summed E-state index contributed by atoms with van der Waals surface area (Å²) < 4.78 is 0. The molecule has 1 nitrogen and oxygen atoms in total. The number of hydrogen-bond donors (Lipinski definition) is 0. The van der Waals surface area contributed by atoms with E-state index in [1.165, 1.54) is 43.1 Å². The van der Waals surface area contributed by atoms with E-state index in [4.69, 9.17) is 0 Å². The van der Waals surface area contributed by atoms with Gasteiger partial charge in [0.15, 0.2) is 0 Å². The molecule has 0 aliphatic carbocycles. The van der Waals surface area contributed by atoms with Crippen LogP contribution in [0.5, 0.6) is 0 Å². The van der Waals surface area contributed by atoms with Gasteiger partial charge in [0.1, 0.15) is 0 Å². The van der Waals surface area contributed by atoms with Crippen LogP contribution in [0.3, 0.4) is 0 Å². The maximum Gasteiger partial charge on any atom is 0.0798 e. The monoisotopic (exact) mass is 555 g/mol. The second-order valence-corrected chi connectivity index (χ2v) is 11.3. The Morgan fingerprint density at radius 3 is 2.24 bits per heavy atom. The largest absolute Gasteiger partial charge is 0.338 e. The molecule has 0 bridgehead atoms. The molecule has 4 aromatic rings. The standard InChI is InChI=1S/C37H35NS.C2H6/c1-28-25-26-31-20-13-14-21-32(31)36(28)37(3,27-30-18-10-8-11-19-30)29(2)17-9-6-5-7-12-24-35-38(4)33-22-15-16-23-34(33)39-35;1-2/h5-26H,2,27H2,1,3-4H3;1-2H3/b6-5+,12-7+,17-9+,35-24-;. The predicted molar refractivity (Wildman–Crippen MR) is 183 cm³/mol. The Morgan fingerprint density at radius 1 is 0.805 bits per heavy atom. The molecule has 1 atom stereocenters. The molecule has 1 aliphatic heterocycles. The lowest BCUT2D eigenvalue weighted by Crippen LogP contribution is -2.28. The lowest BCUT2D eigenvalue weighted by Gasteiger charge is -2.34. The molecule has 41 heavy (non-hydrogen) atoms. The Labute approximate surface area is 251 Å². The van der Waals surface area contributed by atoms with Crippen molar-refractivity contribution in [1.29, 1.82) is 0 Å². The van der Waals surface area contributed by atoms with Gasteiger partial charge in [0.25, 0.3) is 0 Å². The van der Waals surface area contributed by atoms with E-state index in [-0.39, 0.29) is 5.41 Å². The fourth-order valence-corrected chi connectivity index (χ4v) is 6.50. The number of hydrogen-bond acceptors (Lipinski definition) is 2. The number of aryl methyl sites for hydroxylation is 1. The van der Waals surface area contributed by atoms with E-state index in [1.807, 2.05) is 13.8 Å². The van der Waals surface area contributed by atoms with Crippen LogP contribution in [-0.2, 0) is 11.8 Å². The molecule has 0 spiro atoms. The van der Waals surface area contributed by atoms with E-state index in [9.17, 15) is 0 Å². The maximum atomic E-state index is 4.61. The number of rotatable bonds is 8. The van der Waals surface area contributed by atoms with Gasteiger partial charge in [0, 0.05) is 17.4 Å². The quantitative estimate of drug-likeness (QED) is 0.199. The highest BCUT2D eigenvalue weighted by Gasteiger charge is 2.32. The average molecular weight is 556 g/mol.